The van der Waals surface area contributed by atoms with Gasteiger partial charge in [-0.3, -0.25) is 0 Å². The highest BCUT2D eigenvalue weighted by Crippen LogP contribution is 2.39. The first-order chi connectivity index (χ1) is 14.6. The van der Waals surface area contributed by atoms with Crippen molar-refractivity contribution in [1.29, 1.82) is 0 Å². The van der Waals surface area contributed by atoms with Crippen LogP contribution in [0.15, 0.2) is 43.0 Å². The molecule has 0 radical (unpaired) electrons. The van der Waals surface area contributed by atoms with E-state index in [4.69, 9.17) is 28.4 Å². The molecule has 1 aromatic carbocycles. The fourth-order valence-electron chi connectivity index (χ4n) is 3.95. The molecule has 30 heavy (non-hydrogen) atoms. The standard InChI is InChI=1S/C23H34O7/c1-5-11-27-23-15(2)19(24)22(30-23)21(28-12-17-9-7-6-8-10-17)16(3)20-18(29-20)13-26-14-25-4/h5-10,15-16,18-24H,1,11-14H2,2-4H3. The second-order valence-corrected chi connectivity index (χ2v) is 7.98. The van der Waals surface area contributed by atoms with Crippen molar-refractivity contribution in [3.05, 3.63) is 48.6 Å². The summed E-state index contributed by atoms with van der Waals surface area (Å²) in [6, 6.07) is 9.96. The Morgan fingerprint density at radius 1 is 1.20 bits per heavy atom. The van der Waals surface area contributed by atoms with Gasteiger partial charge in [-0.1, -0.05) is 50.3 Å². The summed E-state index contributed by atoms with van der Waals surface area (Å²) < 4.78 is 34.3. The lowest BCUT2D eigenvalue weighted by Gasteiger charge is -2.30. The molecule has 8 atom stereocenters. The maximum Gasteiger partial charge on any atom is 0.163 e. The van der Waals surface area contributed by atoms with Crippen LogP contribution in [0.5, 0.6) is 0 Å². The Bertz CT molecular complexity index is 640. The highest BCUT2D eigenvalue weighted by atomic mass is 16.7. The summed E-state index contributed by atoms with van der Waals surface area (Å²) in [5.41, 5.74) is 1.06. The molecule has 2 fully saturated rings. The molecule has 7 nitrogen and oxygen atoms in total. The van der Waals surface area contributed by atoms with E-state index in [2.05, 4.69) is 13.5 Å². The van der Waals surface area contributed by atoms with E-state index in [1.807, 2.05) is 37.3 Å². The number of methoxy groups -OCH3 is 1. The summed E-state index contributed by atoms with van der Waals surface area (Å²) in [5.74, 6) is -0.180. The van der Waals surface area contributed by atoms with Crippen LogP contribution in [0.2, 0.25) is 0 Å². The van der Waals surface area contributed by atoms with Gasteiger partial charge in [-0.15, -0.1) is 6.58 Å². The summed E-state index contributed by atoms with van der Waals surface area (Å²) in [6.07, 6.45) is -0.451. The minimum absolute atomic E-state index is 0.00476. The van der Waals surface area contributed by atoms with Crippen molar-refractivity contribution in [3.8, 4) is 0 Å². The van der Waals surface area contributed by atoms with Gasteiger partial charge in [-0.05, 0) is 5.56 Å². The molecule has 2 aliphatic rings. The minimum atomic E-state index is -0.704. The average Bonchev–Trinajstić information content (AvgIpc) is 3.48. The smallest absolute Gasteiger partial charge is 0.163 e. The van der Waals surface area contributed by atoms with E-state index in [9.17, 15) is 5.11 Å². The van der Waals surface area contributed by atoms with Gasteiger partial charge in [-0.25, -0.2) is 0 Å². The normalized spacial score (nSPS) is 32.7. The van der Waals surface area contributed by atoms with Gasteiger partial charge >= 0.3 is 0 Å². The topological polar surface area (TPSA) is 78.9 Å². The third-order valence-electron chi connectivity index (χ3n) is 5.72. The van der Waals surface area contributed by atoms with Crippen LogP contribution in [0.4, 0.5) is 0 Å². The van der Waals surface area contributed by atoms with E-state index in [0.717, 1.165) is 5.56 Å². The molecule has 2 aliphatic heterocycles. The fourth-order valence-corrected chi connectivity index (χ4v) is 3.95. The number of rotatable bonds is 13. The van der Waals surface area contributed by atoms with Crippen molar-refractivity contribution >= 4 is 0 Å². The molecular weight excluding hydrogens is 388 g/mol. The maximum atomic E-state index is 10.9. The summed E-state index contributed by atoms with van der Waals surface area (Å²) in [6.45, 7) is 9.15. The molecule has 2 saturated heterocycles. The Kier molecular flexibility index (Phi) is 8.83. The van der Waals surface area contributed by atoms with E-state index in [-0.39, 0.29) is 36.9 Å². The lowest BCUT2D eigenvalue weighted by atomic mass is 9.89. The highest BCUT2D eigenvalue weighted by molar-refractivity contribution is 5.13. The molecule has 0 aromatic heterocycles. The summed E-state index contributed by atoms with van der Waals surface area (Å²) >= 11 is 0. The molecule has 168 valence electrons. The number of benzene rings is 1. The molecule has 0 spiro atoms. The van der Waals surface area contributed by atoms with Crippen LogP contribution in [0.3, 0.4) is 0 Å². The van der Waals surface area contributed by atoms with Crippen LogP contribution in [0.25, 0.3) is 0 Å². The van der Waals surface area contributed by atoms with Gasteiger partial charge in [0.05, 0.1) is 38.1 Å². The van der Waals surface area contributed by atoms with Crippen molar-refractivity contribution < 1.29 is 33.5 Å². The first-order valence-electron chi connectivity index (χ1n) is 10.5. The first kappa shape index (κ1) is 23.3. The zero-order chi connectivity index (χ0) is 21.5. The monoisotopic (exact) mass is 422 g/mol. The lowest BCUT2D eigenvalue weighted by Crippen LogP contribution is -2.44. The molecule has 2 heterocycles. The zero-order valence-electron chi connectivity index (χ0n) is 18.0. The molecule has 1 aromatic rings. The van der Waals surface area contributed by atoms with Crippen LogP contribution >= 0.6 is 0 Å². The second kappa shape index (κ2) is 11.3. The van der Waals surface area contributed by atoms with Crippen LogP contribution in [-0.4, -0.2) is 69.0 Å². The third-order valence-corrected chi connectivity index (χ3v) is 5.72. The molecule has 0 amide bonds. The molecule has 7 heteroatoms. The van der Waals surface area contributed by atoms with Crippen LogP contribution in [0, 0.1) is 11.8 Å². The number of hydrogen-bond donors (Lipinski definition) is 1. The number of epoxide rings is 1. The van der Waals surface area contributed by atoms with Gasteiger partial charge in [0.15, 0.2) is 6.29 Å². The number of aliphatic hydroxyl groups is 1. The molecule has 0 bridgehead atoms. The van der Waals surface area contributed by atoms with Gasteiger partial charge in [-0.2, -0.15) is 0 Å². The van der Waals surface area contributed by atoms with E-state index in [1.165, 1.54) is 0 Å². The predicted octanol–water partition coefficient (Wildman–Crippen LogP) is 2.52. The number of aliphatic hydroxyl groups excluding tert-OH is 1. The van der Waals surface area contributed by atoms with E-state index >= 15 is 0 Å². The van der Waals surface area contributed by atoms with Crippen molar-refractivity contribution in [3.63, 3.8) is 0 Å². The Balaban J connectivity index is 1.67. The van der Waals surface area contributed by atoms with Gasteiger partial charge in [0.2, 0.25) is 0 Å². The highest BCUT2D eigenvalue weighted by Gasteiger charge is 2.53. The van der Waals surface area contributed by atoms with Gasteiger partial charge in [0, 0.05) is 18.9 Å². The van der Waals surface area contributed by atoms with Gasteiger partial charge in [0.25, 0.3) is 0 Å². The minimum Gasteiger partial charge on any atom is -0.390 e. The van der Waals surface area contributed by atoms with Gasteiger partial charge in [0.1, 0.15) is 19.0 Å². The summed E-state index contributed by atoms with van der Waals surface area (Å²) in [4.78, 5) is 0. The Hall–Kier alpha value is -1.32. The molecule has 1 N–H and O–H groups in total. The summed E-state index contributed by atoms with van der Waals surface area (Å²) in [7, 11) is 1.59. The third kappa shape index (κ3) is 5.88. The van der Waals surface area contributed by atoms with Crippen LogP contribution in [-0.2, 0) is 35.0 Å². The first-order valence-corrected chi connectivity index (χ1v) is 10.5. The Labute approximate surface area is 178 Å². The molecule has 0 saturated carbocycles. The maximum absolute atomic E-state index is 10.9. The Morgan fingerprint density at radius 2 is 1.97 bits per heavy atom. The SMILES string of the molecule is C=CCOC1OC(C(OCc2ccccc2)C(C)C2OC2COCOC)C(O)C1C. The van der Waals surface area contributed by atoms with Crippen molar-refractivity contribution in [2.45, 2.75) is 57.3 Å². The molecular formula is C23H34O7. The number of hydrogen-bond acceptors (Lipinski definition) is 7. The van der Waals surface area contributed by atoms with E-state index in [1.54, 1.807) is 13.2 Å². The zero-order valence-corrected chi connectivity index (χ0v) is 18.0. The second-order valence-electron chi connectivity index (χ2n) is 7.98. The van der Waals surface area contributed by atoms with Crippen molar-refractivity contribution in [2.75, 3.05) is 27.1 Å². The quantitative estimate of drug-likeness (QED) is 0.226. The molecule has 3 rings (SSSR count). The predicted molar refractivity (Wildman–Crippen MR) is 111 cm³/mol. The van der Waals surface area contributed by atoms with E-state index < -0.39 is 18.5 Å². The number of ether oxygens (including phenoxy) is 6. The van der Waals surface area contributed by atoms with Crippen molar-refractivity contribution in [2.24, 2.45) is 11.8 Å². The van der Waals surface area contributed by atoms with E-state index in [0.29, 0.717) is 19.8 Å². The van der Waals surface area contributed by atoms with Crippen LogP contribution in [0.1, 0.15) is 19.4 Å². The van der Waals surface area contributed by atoms with Gasteiger partial charge < -0.3 is 33.5 Å². The van der Waals surface area contributed by atoms with Crippen molar-refractivity contribution in [1.82, 2.24) is 0 Å². The average molecular weight is 423 g/mol. The molecule has 0 aliphatic carbocycles. The summed E-state index contributed by atoms with van der Waals surface area (Å²) in [5, 5.41) is 10.9. The lowest BCUT2D eigenvalue weighted by molar-refractivity contribution is -0.179. The van der Waals surface area contributed by atoms with Crippen LogP contribution < -0.4 is 0 Å². The fraction of sp³-hybridized carbons (Fsp3) is 0.652. The molecule has 8 unspecified atom stereocenters. The largest absolute Gasteiger partial charge is 0.390 e. The Morgan fingerprint density at radius 3 is 2.67 bits per heavy atom.